The van der Waals surface area contributed by atoms with Crippen molar-refractivity contribution in [1.82, 2.24) is 4.90 Å². The number of ether oxygens (including phenoxy) is 1. The molecule has 1 aromatic rings. The van der Waals surface area contributed by atoms with Crippen LogP contribution in [0.1, 0.15) is 32.1 Å². The Labute approximate surface area is 145 Å². The quantitative estimate of drug-likeness (QED) is 0.897. The lowest BCUT2D eigenvalue weighted by Crippen LogP contribution is -2.36. The van der Waals surface area contributed by atoms with Crippen LogP contribution in [0.4, 0.5) is 16.2 Å². The molecule has 2 amide bonds. The predicted molar refractivity (Wildman–Crippen MR) is 97.7 cm³/mol. The predicted octanol–water partition coefficient (Wildman–Crippen LogP) is 3.57. The van der Waals surface area contributed by atoms with E-state index < -0.39 is 0 Å². The zero-order valence-electron chi connectivity index (χ0n) is 14.8. The average Bonchev–Trinajstić information content (AvgIpc) is 3.28. The average molecular weight is 331 g/mol. The van der Waals surface area contributed by atoms with E-state index in [1.807, 2.05) is 25.2 Å². The normalized spacial score (nSPS) is 21.0. The number of amides is 2. The minimum Gasteiger partial charge on any atom is -0.381 e. The highest BCUT2D eigenvalue weighted by molar-refractivity contribution is 5.93. The third kappa shape index (κ3) is 4.01. The van der Waals surface area contributed by atoms with Crippen LogP contribution in [0.15, 0.2) is 24.3 Å². The first-order chi connectivity index (χ1) is 11.6. The van der Waals surface area contributed by atoms with Gasteiger partial charge in [0.25, 0.3) is 0 Å². The Bertz CT molecular complexity index is 551. The lowest BCUT2D eigenvalue weighted by Gasteiger charge is -2.29. The SMILES string of the molecule is CN(C[C@@H]1CCOC1)C(=O)Nc1ccccc1N(C)C1CCCC1. The van der Waals surface area contributed by atoms with Crippen LogP contribution in [0.5, 0.6) is 0 Å². The fourth-order valence-electron chi connectivity index (χ4n) is 3.78. The van der Waals surface area contributed by atoms with Gasteiger partial charge < -0.3 is 19.9 Å². The Morgan fingerprint density at radius 2 is 1.96 bits per heavy atom. The van der Waals surface area contributed by atoms with E-state index in [1.54, 1.807) is 4.90 Å². The summed E-state index contributed by atoms with van der Waals surface area (Å²) in [5, 5.41) is 3.09. The molecule has 0 unspecified atom stereocenters. The van der Waals surface area contributed by atoms with Gasteiger partial charge in [0.15, 0.2) is 0 Å². The summed E-state index contributed by atoms with van der Waals surface area (Å²) in [5.41, 5.74) is 2.00. The molecule has 1 N–H and O–H groups in total. The Morgan fingerprint density at radius 3 is 2.67 bits per heavy atom. The molecule has 1 aliphatic carbocycles. The molecule has 5 nitrogen and oxygen atoms in total. The van der Waals surface area contributed by atoms with E-state index in [-0.39, 0.29) is 6.03 Å². The van der Waals surface area contributed by atoms with Crippen LogP contribution < -0.4 is 10.2 Å². The molecule has 0 spiro atoms. The van der Waals surface area contributed by atoms with Crippen LogP contribution in [0.2, 0.25) is 0 Å². The van der Waals surface area contributed by atoms with Gasteiger partial charge in [-0.3, -0.25) is 0 Å². The summed E-state index contributed by atoms with van der Waals surface area (Å²) in [6.07, 6.45) is 6.12. The van der Waals surface area contributed by atoms with Gasteiger partial charge in [-0.2, -0.15) is 0 Å². The third-order valence-electron chi connectivity index (χ3n) is 5.30. The maximum atomic E-state index is 12.6. The molecular formula is C19H29N3O2. The highest BCUT2D eigenvalue weighted by Crippen LogP contribution is 2.32. The summed E-state index contributed by atoms with van der Waals surface area (Å²) >= 11 is 0. The number of benzene rings is 1. The summed E-state index contributed by atoms with van der Waals surface area (Å²) in [4.78, 5) is 16.6. The summed E-state index contributed by atoms with van der Waals surface area (Å²) in [6, 6.07) is 8.64. The van der Waals surface area contributed by atoms with Crippen molar-refractivity contribution in [2.75, 3.05) is 44.1 Å². The topological polar surface area (TPSA) is 44.8 Å². The van der Waals surface area contributed by atoms with Crippen molar-refractivity contribution in [2.24, 2.45) is 5.92 Å². The Balaban J connectivity index is 1.64. The Morgan fingerprint density at radius 1 is 1.21 bits per heavy atom. The summed E-state index contributed by atoms with van der Waals surface area (Å²) in [7, 11) is 4.00. The molecule has 1 aliphatic heterocycles. The number of nitrogens with zero attached hydrogens (tertiary/aromatic N) is 2. The second-order valence-corrected chi connectivity index (χ2v) is 7.11. The first-order valence-corrected chi connectivity index (χ1v) is 9.07. The summed E-state index contributed by atoms with van der Waals surface area (Å²) in [6.45, 7) is 2.32. The number of anilines is 2. The summed E-state index contributed by atoms with van der Waals surface area (Å²) < 4.78 is 5.40. The molecule has 0 bridgehead atoms. The van der Waals surface area contributed by atoms with Crippen LogP contribution in [0.3, 0.4) is 0 Å². The van der Waals surface area contributed by atoms with Crippen LogP contribution in [0, 0.1) is 5.92 Å². The number of hydrogen-bond donors (Lipinski definition) is 1. The van der Waals surface area contributed by atoms with Crippen molar-refractivity contribution in [3.05, 3.63) is 24.3 Å². The fourth-order valence-corrected chi connectivity index (χ4v) is 3.78. The fraction of sp³-hybridized carbons (Fsp3) is 0.632. The van der Waals surface area contributed by atoms with E-state index in [4.69, 9.17) is 4.74 Å². The largest absolute Gasteiger partial charge is 0.381 e. The van der Waals surface area contributed by atoms with Crippen molar-refractivity contribution >= 4 is 17.4 Å². The second kappa shape index (κ2) is 7.88. The molecule has 1 heterocycles. The molecule has 0 radical (unpaired) electrons. The van der Waals surface area contributed by atoms with E-state index in [1.165, 1.54) is 25.7 Å². The molecule has 2 aliphatic rings. The van der Waals surface area contributed by atoms with Crippen molar-refractivity contribution in [3.8, 4) is 0 Å². The van der Waals surface area contributed by atoms with E-state index >= 15 is 0 Å². The molecule has 5 heteroatoms. The molecule has 1 saturated carbocycles. The van der Waals surface area contributed by atoms with Crippen LogP contribution in [-0.2, 0) is 4.74 Å². The zero-order chi connectivity index (χ0) is 16.9. The number of urea groups is 1. The van der Waals surface area contributed by atoms with Crippen molar-refractivity contribution < 1.29 is 9.53 Å². The van der Waals surface area contributed by atoms with Crippen LogP contribution in [-0.4, -0.2) is 50.8 Å². The number of para-hydroxylation sites is 2. The smallest absolute Gasteiger partial charge is 0.321 e. The van der Waals surface area contributed by atoms with Crippen LogP contribution >= 0.6 is 0 Å². The van der Waals surface area contributed by atoms with Gasteiger partial charge in [0, 0.05) is 39.2 Å². The Hall–Kier alpha value is -1.75. The van der Waals surface area contributed by atoms with E-state index in [0.717, 1.165) is 37.6 Å². The van der Waals surface area contributed by atoms with Crippen LogP contribution in [0.25, 0.3) is 0 Å². The van der Waals surface area contributed by atoms with Crippen molar-refractivity contribution in [3.63, 3.8) is 0 Å². The minimum atomic E-state index is -0.0471. The van der Waals surface area contributed by atoms with E-state index in [0.29, 0.717) is 12.0 Å². The number of rotatable bonds is 5. The van der Waals surface area contributed by atoms with Gasteiger partial charge in [0.2, 0.25) is 0 Å². The highest BCUT2D eigenvalue weighted by Gasteiger charge is 2.23. The number of hydrogen-bond acceptors (Lipinski definition) is 3. The molecule has 1 atom stereocenters. The molecule has 3 rings (SSSR count). The van der Waals surface area contributed by atoms with Gasteiger partial charge in [-0.15, -0.1) is 0 Å². The summed E-state index contributed by atoms with van der Waals surface area (Å²) in [5.74, 6) is 0.456. The zero-order valence-corrected chi connectivity index (χ0v) is 14.8. The van der Waals surface area contributed by atoms with E-state index in [2.05, 4.69) is 23.3 Å². The molecular weight excluding hydrogens is 302 g/mol. The standard InChI is InChI=1S/C19H29N3O2/c1-21(13-15-11-12-24-14-15)19(23)20-17-9-5-6-10-18(17)22(2)16-7-3-4-8-16/h5-6,9-10,15-16H,3-4,7-8,11-14H2,1-2H3,(H,20,23)/t15-/m0/s1. The van der Waals surface area contributed by atoms with Crippen molar-refractivity contribution in [1.29, 1.82) is 0 Å². The number of carbonyl (C=O) groups excluding carboxylic acids is 1. The van der Waals surface area contributed by atoms with Gasteiger partial charge in [-0.1, -0.05) is 25.0 Å². The van der Waals surface area contributed by atoms with Crippen molar-refractivity contribution in [2.45, 2.75) is 38.1 Å². The molecule has 2 fully saturated rings. The lowest BCUT2D eigenvalue weighted by atomic mass is 10.1. The second-order valence-electron chi connectivity index (χ2n) is 7.11. The monoisotopic (exact) mass is 331 g/mol. The maximum Gasteiger partial charge on any atom is 0.321 e. The van der Waals surface area contributed by atoms with E-state index in [9.17, 15) is 4.79 Å². The molecule has 1 saturated heterocycles. The Kier molecular flexibility index (Phi) is 5.61. The third-order valence-corrected chi connectivity index (χ3v) is 5.30. The van der Waals surface area contributed by atoms with Gasteiger partial charge in [0.1, 0.15) is 0 Å². The number of carbonyl (C=O) groups is 1. The number of nitrogens with one attached hydrogen (secondary N) is 1. The first kappa shape index (κ1) is 17.1. The molecule has 1 aromatic carbocycles. The first-order valence-electron chi connectivity index (χ1n) is 9.07. The van der Waals surface area contributed by atoms with Gasteiger partial charge in [-0.05, 0) is 31.4 Å². The minimum absolute atomic E-state index is 0.0471. The highest BCUT2D eigenvalue weighted by atomic mass is 16.5. The molecule has 24 heavy (non-hydrogen) atoms. The van der Waals surface area contributed by atoms with Gasteiger partial charge >= 0.3 is 6.03 Å². The molecule has 0 aromatic heterocycles. The maximum absolute atomic E-state index is 12.6. The lowest BCUT2D eigenvalue weighted by molar-refractivity contribution is 0.175. The van der Waals surface area contributed by atoms with Gasteiger partial charge in [-0.25, -0.2) is 4.79 Å². The van der Waals surface area contributed by atoms with Gasteiger partial charge in [0.05, 0.1) is 18.0 Å². The molecule has 132 valence electrons.